The Bertz CT molecular complexity index is 1070. The Morgan fingerprint density at radius 1 is 0.966 bits per heavy atom. The van der Waals surface area contributed by atoms with Gasteiger partial charge in [0.1, 0.15) is 5.58 Å². The van der Waals surface area contributed by atoms with E-state index in [4.69, 9.17) is 9.15 Å². The van der Waals surface area contributed by atoms with Gasteiger partial charge in [-0.1, -0.05) is 12.1 Å². The van der Waals surface area contributed by atoms with Crippen molar-refractivity contribution in [2.45, 2.75) is 27.2 Å². The minimum atomic E-state index is -0.512. The van der Waals surface area contributed by atoms with Gasteiger partial charge in [-0.05, 0) is 49.2 Å². The second-order valence-electron chi connectivity index (χ2n) is 6.79. The second-order valence-corrected chi connectivity index (χ2v) is 6.79. The predicted molar refractivity (Wildman–Crippen MR) is 110 cm³/mol. The number of benzene rings is 2. The van der Waals surface area contributed by atoms with Crippen LogP contribution in [0.2, 0.25) is 0 Å². The van der Waals surface area contributed by atoms with Crippen LogP contribution in [0.5, 0.6) is 0 Å². The molecular formula is C22H22N2O5. The number of nitrogens with one attached hydrogen (secondary N) is 2. The van der Waals surface area contributed by atoms with E-state index in [2.05, 4.69) is 10.6 Å². The number of carbonyl (C=O) groups is 3. The Morgan fingerprint density at radius 2 is 1.62 bits per heavy atom. The first-order valence-electron chi connectivity index (χ1n) is 9.13. The highest BCUT2D eigenvalue weighted by Gasteiger charge is 2.15. The second kappa shape index (κ2) is 8.60. The molecule has 0 aliphatic rings. The van der Waals surface area contributed by atoms with Gasteiger partial charge < -0.3 is 19.8 Å². The minimum absolute atomic E-state index is 0.0220. The Morgan fingerprint density at radius 3 is 2.28 bits per heavy atom. The quantitative estimate of drug-likeness (QED) is 0.621. The van der Waals surface area contributed by atoms with Crippen LogP contribution in [0.3, 0.4) is 0 Å². The Kier molecular flexibility index (Phi) is 5.97. The molecule has 0 aliphatic carbocycles. The van der Waals surface area contributed by atoms with E-state index in [9.17, 15) is 14.4 Å². The molecule has 150 valence electrons. The molecule has 1 aromatic heterocycles. The van der Waals surface area contributed by atoms with Crippen molar-refractivity contribution >= 4 is 40.1 Å². The molecule has 0 saturated heterocycles. The lowest BCUT2D eigenvalue weighted by molar-refractivity contribution is -0.146. The summed E-state index contributed by atoms with van der Waals surface area (Å²) in [5, 5.41) is 6.14. The van der Waals surface area contributed by atoms with Crippen LogP contribution < -0.4 is 10.6 Å². The molecule has 2 aromatic carbocycles. The normalized spacial score (nSPS) is 10.6. The van der Waals surface area contributed by atoms with E-state index in [1.54, 1.807) is 30.5 Å². The van der Waals surface area contributed by atoms with Crippen molar-refractivity contribution in [3.8, 4) is 0 Å². The molecule has 0 radical (unpaired) electrons. The first-order chi connectivity index (χ1) is 13.8. The zero-order valence-electron chi connectivity index (χ0n) is 16.5. The fourth-order valence-corrected chi connectivity index (χ4v) is 2.92. The summed E-state index contributed by atoms with van der Waals surface area (Å²) in [5.74, 6) is -1.14. The molecule has 0 fully saturated rings. The van der Waals surface area contributed by atoms with Gasteiger partial charge >= 0.3 is 5.97 Å². The van der Waals surface area contributed by atoms with Crippen LogP contribution in [0.4, 0.5) is 11.4 Å². The van der Waals surface area contributed by atoms with Crippen LogP contribution in [0.15, 0.2) is 47.1 Å². The van der Waals surface area contributed by atoms with Crippen LogP contribution in [0.1, 0.15) is 23.6 Å². The molecule has 0 bridgehead atoms. The van der Waals surface area contributed by atoms with Crippen LogP contribution in [-0.2, 0) is 25.5 Å². The molecule has 0 unspecified atom stereocenters. The molecule has 2 N–H and O–H groups in total. The summed E-state index contributed by atoms with van der Waals surface area (Å²) in [6, 6.07) is 10.5. The molecule has 2 amide bonds. The Balaban J connectivity index is 1.52. The third-order valence-electron chi connectivity index (χ3n) is 4.53. The van der Waals surface area contributed by atoms with Crippen molar-refractivity contribution in [3.63, 3.8) is 0 Å². The van der Waals surface area contributed by atoms with Crippen LogP contribution >= 0.6 is 0 Å². The third kappa shape index (κ3) is 5.01. The van der Waals surface area contributed by atoms with Crippen molar-refractivity contribution in [1.29, 1.82) is 0 Å². The van der Waals surface area contributed by atoms with Gasteiger partial charge in [-0.2, -0.15) is 0 Å². The average Bonchev–Trinajstić information content (AvgIpc) is 3.07. The maximum Gasteiger partial charge on any atom is 0.310 e. The summed E-state index contributed by atoms with van der Waals surface area (Å²) >= 11 is 0. The number of fused-ring (bicyclic) bond motifs is 1. The van der Waals surface area contributed by atoms with Gasteiger partial charge in [-0.15, -0.1) is 0 Å². The maximum atomic E-state index is 12.1. The van der Waals surface area contributed by atoms with E-state index in [1.807, 2.05) is 26.0 Å². The molecule has 0 spiro atoms. The van der Waals surface area contributed by atoms with Gasteiger partial charge in [-0.3, -0.25) is 14.4 Å². The van der Waals surface area contributed by atoms with E-state index in [0.29, 0.717) is 11.4 Å². The monoisotopic (exact) mass is 394 g/mol. The summed E-state index contributed by atoms with van der Waals surface area (Å²) in [6.45, 7) is 4.99. The van der Waals surface area contributed by atoms with Gasteiger partial charge in [0, 0.05) is 29.2 Å². The first kappa shape index (κ1) is 20.1. The highest BCUT2D eigenvalue weighted by Crippen LogP contribution is 2.26. The van der Waals surface area contributed by atoms with Crippen LogP contribution in [-0.4, -0.2) is 24.4 Å². The fourth-order valence-electron chi connectivity index (χ4n) is 2.92. The number of rotatable bonds is 6. The van der Waals surface area contributed by atoms with Crippen molar-refractivity contribution < 1.29 is 23.5 Å². The summed E-state index contributed by atoms with van der Waals surface area (Å²) in [7, 11) is 0. The smallest absolute Gasteiger partial charge is 0.310 e. The zero-order valence-corrected chi connectivity index (χ0v) is 16.5. The van der Waals surface area contributed by atoms with Gasteiger partial charge in [0.05, 0.1) is 12.7 Å². The van der Waals surface area contributed by atoms with Gasteiger partial charge in [0.2, 0.25) is 5.91 Å². The van der Waals surface area contributed by atoms with Gasteiger partial charge in [0.15, 0.2) is 6.61 Å². The maximum absolute atomic E-state index is 12.1. The molecule has 0 saturated carbocycles. The van der Waals surface area contributed by atoms with E-state index < -0.39 is 11.9 Å². The van der Waals surface area contributed by atoms with E-state index in [-0.39, 0.29) is 18.9 Å². The van der Waals surface area contributed by atoms with Crippen molar-refractivity contribution in [3.05, 3.63) is 59.4 Å². The summed E-state index contributed by atoms with van der Waals surface area (Å²) in [4.78, 5) is 35.1. The van der Waals surface area contributed by atoms with Crippen LogP contribution in [0, 0.1) is 13.8 Å². The number of hydrogen-bond donors (Lipinski definition) is 2. The summed E-state index contributed by atoms with van der Waals surface area (Å²) in [6.07, 6.45) is 1.57. The van der Waals surface area contributed by atoms with E-state index in [1.165, 1.54) is 6.92 Å². The molecule has 0 atom stereocenters. The van der Waals surface area contributed by atoms with Gasteiger partial charge in [0.25, 0.3) is 5.91 Å². The van der Waals surface area contributed by atoms with E-state index in [0.717, 1.165) is 27.7 Å². The molecule has 7 nitrogen and oxygen atoms in total. The number of esters is 1. The highest BCUT2D eigenvalue weighted by atomic mass is 16.5. The van der Waals surface area contributed by atoms with Crippen molar-refractivity contribution in [2.24, 2.45) is 0 Å². The number of hydrogen-bond acceptors (Lipinski definition) is 5. The standard InChI is InChI=1S/C22H22N2O5/c1-13-4-9-19-16(11-29-22(19)14(13)2)10-21(27)28-12-20(26)24-18-7-5-17(6-8-18)23-15(3)25/h4-9,11H,10,12H2,1-3H3,(H,23,25)(H,24,26). The van der Waals surface area contributed by atoms with Crippen molar-refractivity contribution in [2.75, 3.05) is 17.2 Å². The molecular weight excluding hydrogens is 372 g/mol. The first-order valence-corrected chi connectivity index (χ1v) is 9.13. The topological polar surface area (TPSA) is 97.6 Å². The molecule has 3 aromatic rings. The zero-order chi connectivity index (χ0) is 21.0. The average molecular weight is 394 g/mol. The predicted octanol–water partition coefficient (Wildman–Crippen LogP) is 3.73. The number of ether oxygens (including phenoxy) is 1. The largest absolute Gasteiger partial charge is 0.464 e. The molecule has 7 heteroatoms. The van der Waals surface area contributed by atoms with Crippen molar-refractivity contribution in [1.82, 2.24) is 0 Å². The number of anilines is 2. The Labute approximate surface area is 168 Å². The number of furan rings is 1. The lowest BCUT2D eigenvalue weighted by Gasteiger charge is -2.08. The molecule has 1 heterocycles. The number of carbonyl (C=O) groups excluding carboxylic acids is 3. The van der Waals surface area contributed by atoms with Gasteiger partial charge in [-0.25, -0.2) is 0 Å². The minimum Gasteiger partial charge on any atom is -0.464 e. The molecule has 3 rings (SSSR count). The van der Waals surface area contributed by atoms with E-state index >= 15 is 0 Å². The lowest BCUT2D eigenvalue weighted by Crippen LogP contribution is -2.21. The molecule has 29 heavy (non-hydrogen) atoms. The summed E-state index contributed by atoms with van der Waals surface area (Å²) < 4.78 is 10.7. The SMILES string of the molecule is CC(=O)Nc1ccc(NC(=O)COC(=O)Cc2coc3c(C)c(C)ccc23)cc1. The highest BCUT2D eigenvalue weighted by molar-refractivity contribution is 5.94. The Hall–Kier alpha value is -3.61. The van der Waals surface area contributed by atoms with Crippen LogP contribution in [0.25, 0.3) is 11.0 Å². The lowest BCUT2D eigenvalue weighted by atomic mass is 10.0. The number of aryl methyl sites for hydroxylation is 2. The number of amides is 2. The fraction of sp³-hybridized carbons (Fsp3) is 0.227. The third-order valence-corrected chi connectivity index (χ3v) is 4.53. The molecule has 0 aliphatic heterocycles. The summed E-state index contributed by atoms with van der Waals surface area (Å²) in [5.41, 5.74) is 4.79.